The van der Waals surface area contributed by atoms with E-state index < -0.39 is 15.9 Å². The fourth-order valence-corrected chi connectivity index (χ4v) is 6.12. The van der Waals surface area contributed by atoms with Crippen LogP contribution in [0.4, 0.5) is 11.4 Å². The quantitative estimate of drug-likeness (QED) is 0.677. The van der Waals surface area contributed by atoms with Crippen LogP contribution in [0.3, 0.4) is 0 Å². The molecule has 0 aliphatic carbocycles. The van der Waals surface area contributed by atoms with Gasteiger partial charge in [0.05, 0.1) is 16.5 Å². The van der Waals surface area contributed by atoms with Crippen molar-refractivity contribution in [1.29, 1.82) is 0 Å². The number of carbonyl (C=O) groups is 2. The number of nitrogens with zero attached hydrogens (tertiary/aromatic N) is 1. The Morgan fingerprint density at radius 1 is 1.09 bits per heavy atom. The largest absolute Gasteiger partial charge is 0.486 e. The number of carbonyl (C=O) groups excluding carboxylic acids is 2. The van der Waals surface area contributed by atoms with Gasteiger partial charge in [-0.3, -0.25) is 9.59 Å². The summed E-state index contributed by atoms with van der Waals surface area (Å²) in [4.78, 5) is 24.6. The van der Waals surface area contributed by atoms with Gasteiger partial charge in [0.1, 0.15) is 19.0 Å². The Bertz CT molecular complexity index is 1260. The van der Waals surface area contributed by atoms with Crippen molar-refractivity contribution in [3.63, 3.8) is 0 Å². The second kappa shape index (κ2) is 8.80. The number of anilines is 2. The van der Waals surface area contributed by atoms with Gasteiger partial charge < -0.3 is 24.8 Å². The summed E-state index contributed by atoms with van der Waals surface area (Å²) in [6.45, 7) is 2.83. The predicted molar refractivity (Wildman–Crippen MR) is 123 cm³/mol. The first kappa shape index (κ1) is 22.5. The molecule has 1 atom stereocenters. The van der Waals surface area contributed by atoms with Gasteiger partial charge in [0.2, 0.25) is 15.9 Å². The minimum absolute atomic E-state index is 0.0762. The topological polar surface area (TPSA) is 123 Å². The van der Waals surface area contributed by atoms with Gasteiger partial charge in [-0.1, -0.05) is 0 Å². The maximum Gasteiger partial charge on any atom is 0.262 e. The molecule has 3 aliphatic heterocycles. The van der Waals surface area contributed by atoms with E-state index in [0.717, 1.165) is 0 Å². The second-order valence-corrected chi connectivity index (χ2v) is 10.4. The van der Waals surface area contributed by atoms with Crippen molar-refractivity contribution < 1.29 is 32.2 Å². The molecule has 2 aromatic carbocycles. The van der Waals surface area contributed by atoms with Crippen LogP contribution in [0.15, 0.2) is 35.2 Å². The first-order valence-electron chi connectivity index (χ1n) is 11.1. The summed E-state index contributed by atoms with van der Waals surface area (Å²) in [5, 5.41) is 5.55. The number of sulfonamides is 1. The summed E-state index contributed by atoms with van der Waals surface area (Å²) in [5.41, 5.74) is 1.51. The van der Waals surface area contributed by atoms with Crippen LogP contribution in [0, 0.1) is 12.8 Å². The lowest BCUT2D eigenvalue weighted by molar-refractivity contribution is -0.121. The number of fused-ring (bicyclic) bond motifs is 2. The molecule has 2 aromatic rings. The fraction of sp³-hybridized carbons (Fsp3) is 0.391. The number of ether oxygens (including phenoxy) is 3. The number of amides is 2. The van der Waals surface area contributed by atoms with Gasteiger partial charge >= 0.3 is 0 Å². The zero-order valence-electron chi connectivity index (χ0n) is 18.6. The van der Waals surface area contributed by atoms with Crippen LogP contribution in [-0.2, 0) is 19.6 Å². The molecule has 1 saturated heterocycles. The Morgan fingerprint density at radius 3 is 2.71 bits per heavy atom. The van der Waals surface area contributed by atoms with Crippen molar-refractivity contribution in [3.05, 3.63) is 35.9 Å². The smallest absolute Gasteiger partial charge is 0.262 e. The van der Waals surface area contributed by atoms with Crippen LogP contribution in [-0.4, -0.2) is 57.4 Å². The minimum Gasteiger partial charge on any atom is -0.486 e. The standard InChI is InChI=1S/C23H25N3O7S/c1-14-9-17-19(33-13-22(27)25-17)11-21(14)34(29,30)26-6-2-3-15(12-26)23(28)24-16-4-5-18-20(10-16)32-8-7-31-18/h4-5,9-11,15H,2-3,6-8,12-13H2,1H3,(H,24,28)(H,25,27)/t15-/m1/s1. The van der Waals surface area contributed by atoms with Crippen molar-refractivity contribution in [1.82, 2.24) is 4.31 Å². The third kappa shape index (κ3) is 4.28. The van der Waals surface area contributed by atoms with Gasteiger partial charge in [0.15, 0.2) is 18.1 Å². The van der Waals surface area contributed by atoms with Crippen molar-refractivity contribution >= 4 is 33.2 Å². The van der Waals surface area contributed by atoms with E-state index in [4.69, 9.17) is 14.2 Å². The molecule has 2 N–H and O–H groups in total. The first-order chi connectivity index (χ1) is 16.3. The number of piperidine rings is 1. The van der Waals surface area contributed by atoms with Crippen molar-refractivity contribution in [2.75, 3.05) is 43.5 Å². The highest BCUT2D eigenvalue weighted by Gasteiger charge is 2.35. The number of benzene rings is 2. The summed E-state index contributed by atoms with van der Waals surface area (Å²) in [6.07, 6.45) is 1.15. The zero-order chi connectivity index (χ0) is 23.9. The highest BCUT2D eigenvalue weighted by molar-refractivity contribution is 7.89. The average Bonchev–Trinajstić information content (AvgIpc) is 2.83. The molecule has 5 rings (SSSR count). The second-order valence-electron chi connectivity index (χ2n) is 8.50. The molecule has 34 heavy (non-hydrogen) atoms. The van der Waals surface area contributed by atoms with Gasteiger partial charge in [-0.05, 0) is 43.5 Å². The van der Waals surface area contributed by atoms with E-state index in [-0.39, 0.29) is 29.9 Å². The van der Waals surface area contributed by atoms with Crippen LogP contribution in [0.25, 0.3) is 0 Å². The molecule has 10 nitrogen and oxygen atoms in total. The molecule has 0 bridgehead atoms. The van der Waals surface area contributed by atoms with Crippen LogP contribution >= 0.6 is 0 Å². The minimum atomic E-state index is -3.87. The van der Waals surface area contributed by atoms with Crippen LogP contribution in [0.1, 0.15) is 18.4 Å². The van der Waals surface area contributed by atoms with Crippen LogP contribution in [0.5, 0.6) is 17.2 Å². The van der Waals surface area contributed by atoms with Gasteiger partial charge in [-0.25, -0.2) is 8.42 Å². The molecular formula is C23H25N3O7S. The average molecular weight is 488 g/mol. The van der Waals surface area contributed by atoms with E-state index in [1.165, 1.54) is 10.4 Å². The summed E-state index contributed by atoms with van der Waals surface area (Å²) < 4.78 is 44.7. The van der Waals surface area contributed by atoms with E-state index in [9.17, 15) is 18.0 Å². The van der Waals surface area contributed by atoms with Crippen molar-refractivity contribution in [3.8, 4) is 17.2 Å². The lowest BCUT2D eigenvalue weighted by Gasteiger charge is -2.32. The monoisotopic (exact) mass is 487 g/mol. The Hall–Kier alpha value is -3.31. The highest BCUT2D eigenvalue weighted by atomic mass is 32.2. The molecule has 0 unspecified atom stereocenters. The normalized spacial score (nSPS) is 20.0. The predicted octanol–water partition coefficient (Wildman–Crippen LogP) is 2.14. The number of hydrogen-bond acceptors (Lipinski definition) is 7. The molecule has 2 amide bonds. The van der Waals surface area contributed by atoms with E-state index in [2.05, 4.69) is 10.6 Å². The third-order valence-electron chi connectivity index (χ3n) is 6.09. The molecule has 1 fully saturated rings. The Balaban J connectivity index is 1.32. The van der Waals surface area contributed by atoms with Crippen LogP contribution in [0.2, 0.25) is 0 Å². The molecule has 0 saturated carbocycles. The fourth-order valence-electron chi connectivity index (χ4n) is 4.37. The van der Waals surface area contributed by atoms with E-state index in [0.29, 0.717) is 66.8 Å². The summed E-state index contributed by atoms with van der Waals surface area (Å²) >= 11 is 0. The highest BCUT2D eigenvalue weighted by Crippen LogP contribution is 2.36. The lowest BCUT2D eigenvalue weighted by Crippen LogP contribution is -2.43. The maximum absolute atomic E-state index is 13.5. The van der Waals surface area contributed by atoms with Crippen molar-refractivity contribution in [2.45, 2.75) is 24.7 Å². The molecular weight excluding hydrogens is 462 g/mol. The lowest BCUT2D eigenvalue weighted by atomic mass is 9.98. The molecule has 180 valence electrons. The Morgan fingerprint density at radius 2 is 1.88 bits per heavy atom. The number of hydrogen-bond donors (Lipinski definition) is 2. The molecule has 0 aromatic heterocycles. The SMILES string of the molecule is Cc1cc2c(cc1S(=O)(=O)N1CCC[C@@H](C(=O)Nc3ccc4c(c3)OCCO4)C1)OCC(=O)N2. The number of rotatable bonds is 4. The van der Waals surface area contributed by atoms with Gasteiger partial charge in [-0.2, -0.15) is 4.31 Å². The first-order valence-corrected chi connectivity index (χ1v) is 12.5. The third-order valence-corrected chi connectivity index (χ3v) is 8.10. The van der Waals surface area contributed by atoms with Crippen molar-refractivity contribution in [2.24, 2.45) is 5.92 Å². The van der Waals surface area contributed by atoms with E-state index >= 15 is 0 Å². The van der Waals surface area contributed by atoms with E-state index in [1.807, 2.05) is 0 Å². The number of aryl methyl sites for hydroxylation is 1. The van der Waals surface area contributed by atoms with Crippen LogP contribution < -0.4 is 24.8 Å². The summed E-state index contributed by atoms with van der Waals surface area (Å²) in [6, 6.07) is 8.22. The van der Waals surface area contributed by atoms with Gasteiger partial charge in [-0.15, -0.1) is 0 Å². The Labute approximate surface area is 197 Å². The molecule has 3 heterocycles. The van der Waals surface area contributed by atoms with E-state index in [1.54, 1.807) is 31.2 Å². The number of nitrogens with one attached hydrogen (secondary N) is 2. The summed E-state index contributed by atoms with van der Waals surface area (Å²) in [7, 11) is -3.87. The maximum atomic E-state index is 13.5. The zero-order valence-corrected chi connectivity index (χ0v) is 19.4. The summed E-state index contributed by atoms with van der Waals surface area (Å²) in [5.74, 6) is 0.482. The van der Waals surface area contributed by atoms with Gasteiger partial charge in [0, 0.05) is 30.9 Å². The molecule has 3 aliphatic rings. The van der Waals surface area contributed by atoms with Gasteiger partial charge in [0.25, 0.3) is 5.91 Å². The molecule has 0 radical (unpaired) electrons. The Kier molecular flexibility index (Phi) is 5.82. The molecule has 0 spiro atoms. The molecule has 11 heteroatoms.